The summed E-state index contributed by atoms with van der Waals surface area (Å²) in [5.74, 6) is 0.376. The first-order valence-electron chi connectivity index (χ1n) is 18.9. The molecule has 9 rings (SSSR count). The van der Waals surface area contributed by atoms with Gasteiger partial charge in [0.05, 0.1) is 5.69 Å². The monoisotopic (exact) mass is 684 g/mol. The van der Waals surface area contributed by atoms with Gasteiger partial charge in [0.25, 0.3) is 6.71 Å². The average molecular weight is 685 g/mol. The minimum Gasteiger partial charge on any atom is -0.311 e. The van der Waals surface area contributed by atoms with Gasteiger partial charge < -0.3 is 9.80 Å². The lowest BCUT2D eigenvalue weighted by atomic mass is 9.36. The Morgan fingerprint density at radius 1 is 0.667 bits per heavy atom. The second-order valence-electron chi connectivity index (χ2n) is 17.9. The molecule has 0 atom stereocenters. The van der Waals surface area contributed by atoms with Crippen LogP contribution in [0.25, 0.3) is 10.1 Å². The summed E-state index contributed by atoms with van der Waals surface area (Å²) < 4.78 is 2.86. The molecule has 1 aromatic heterocycles. The second kappa shape index (κ2) is 11.1. The molecule has 0 saturated heterocycles. The standard InChI is InChI=1S/C47H49BN2S/c1-29(2)30-24-39-42-40(25-30)50(33-18-14-11-15-19-33)43-34-27-35-36(47(8,9)23-22-46(35,6)7)28-41(34)51-44(43)48(42)37-26-31(45(3,4)5)20-21-38(37)49(39)32-16-12-10-13-17-32/h10-21,24-29H,22-23H2,1-9H3. The molecule has 0 amide bonds. The van der Waals surface area contributed by atoms with Gasteiger partial charge in [-0.15, -0.1) is 11.3 Å². The Morgan fingerprint density at radius 3 is 1.82 bits per heavy atom. The van der Waals surface area contributed by atoms with E-state index in [1.54, 1.807) is 0 Å². The summed E-state index contributed by atoms with van der Waals surface area (Å²) in [6.45, 7) is 21.7. The van der Waals surface area contributed by atoms with E-state index in [9.17, 15) is 0 Å². The molecule has 4 heteroatoms. The normalized spacial score (nSPS) is 16.9. The highest BCUT2D eigenvalue weighted by Gasteiger charge is 2.47. The van der Waals surface area contributed by atoms with Gasteiger partial charge in [-0.05, 0) is 123 Å². The molecule has 0 bridgehead atoms. The van der Waals surface area contributed by atoms with Crippen LogP contribution in [0.2, 0.25) is 0 Å². The molecule has 2 nitrogen and oxygen atoms in total. The SMILES string of the molecule is CC(C)c1cc2c3c(c1)N(c1ccccc1)c1c(sc4cc5c(cc14)C(C)(C)CCC5(C)C)B3c1cc(C(C)(C)C)ccc1N2c1ccccc1. The maximum absolute atomic E-state index is 2.63. The smallest absolute Gasteiger partial charge is 0.264 e. The van der Waals surface area contributed by atoms with Crippen molar-refractivity contribution in [1.29, 1.82) is 0 Å². The number of para-hydroxylation sites is 2. The minimum absolute atomic E-state index is 0.0289. The lowest BCUT2D eigenvalue weighted by Crippen LogP contribution is -2.60. The third-order valence-electron chi connectivity index (χ3n) is 12.2. The first kappa shape index (κ1) is 32.6. The van der Waals surface area contributed by atoms with E-state index in [2.05, 4.69) is 175 Å². The minimum atomic E-state index is 0.0289. The predicted octanol–water partition coefficient (Wildman–Crippen LogP) is 11.8. The van der Waals surface area contributed by atoms with Crippen molar-refractivity contribution in [3.63, 3.8) is 0 Å². The van der Waals surface area contributed by atoms with Crippen LogP contribution < -0.4 is 25.5 Å². The molecule has 2 aliphatic heterocycles. The third-order valence-corrected chi connectivity index (χ3v) is 13.4. The van der Waals surface area contributed by atoms with Crippen molar-refractivity contribution >= 4 is 78.0 Å². The molecular formula is C47H49BN2S. The fourth-order valence-corrected chi connectivity index (χ4v) is 10.4. The molecular weight excluding hydrogens is 635 g/mol. The Kier molecular flexibility index (Phi) is 7.11. The molecule has 6 aromatic rings. The van der Waals surface area contributed by atoms with Crippen LogP contribution in [0.5, 0.6) is 0 Å². The highest BCUT2D eigenvalue weighted by molar-refractivity contribution is 7.33. The quantitative estimate of drug-likeness (QED) is 0.171. The molecule has 0 spiro atoms. The number of benzene rings is 5. The van der Waals surface area contributed by atoms with Gasteiger partial charge in [0.15, 0.2) is 0 Å². The fraction of sp³-hybridized carbons (Fsp3) is 0.319. The summed E-state index contributed by atoms with van der Waals surface area (Å²) >= 11 is 2.04. The zero-order valence-corrected chi connectivity index (χ0v) is 32.5. The van der Waals surface area contributed by atoms with Crippen molar-refractivity contribution in [3.05, 3.63) is 125 Å². The number of hydrogen-bond donors (Lipinski definition) is 0. The number of thiophene rings is 1. The van der Waals surface area contributed by atoms with Crippen LogP contribution >= 0.6 is 11.3 Å². The van der Waals surface area contributed by atoms with Crippen LogP contribution in [-0.2, 0) is 16.2 Å². The maximum atomic E-state index is 2.63. The lowest BCUT2D eigenvalue weighted by molar-refractivity contribution is 0.332. The summed E-state index contributed by atoms with van der Waals surface area (Å²) in [5.41, 5.74) is 16.6. The fourth-order valence-electron chi connectivity index (χ4n) is 9.07. The average Bonchev–Trinajstić information content (AvgIpc) is 3.48. The summed E-state index contributed by atoms with van der Waals surface area (Å²) in [4.78, 5) is 5.18. The molecule has 3 heterocycles. The van der Waals surface area contributed by atoms with Crippen LogP contribution in [-0.4, -0.2) is 6.71 Å². The van der Waals surface area contributed by atoms with Crippen LogP contribution in [0, 0.1) is 0 Å². The predicted molar refractivity (Wildman–Crippen MR) is 224 cm³/mol. The highest BCUT2D eigenvalue weighted by atomic mass is 32.1. The molecule has 1 aliphatic carbocycles. The first-order valence-corrected chi connectivity index (χ1v) is 19.7. The van der Waals surface area contributed by atoms with Crippen LogP contribution in [0.3, 0.4) is 0 Å². The van der Waals surface area contributed by atoms with Crippen LogP contribution in [0.4, 0.5) is 34.1 Å². The summed E-state index contributed by atoms with van der Waals surface area (Å²) in [6, 6.07) is 39.7. The summed E-state index contributed by atoms with van der Waals surface area (Å²) in [7, 11) is 0. The first-order chi connectivity index (χ1) is 24.2. The zero-order valence-electron chi connectivity index (χ0n) is 31.7. The van der Waals surface area contributed by atoms with Crippen molar-refractivity contribution in [3.8, 4) is 0 Å². The number of anilines is 6. The molecule has 3 aliphatic rings. The number of nitrogens with zero attached hydrogens (tertiary/aromatic N) is 2. The van der Waals surface area contributed by atoms with E-state index in [-0.39, 0.29) is 23.0 Å². The Morgan fingerprint density at radius 2 is 1.24 bits per heavy atom. The largest absolute Gasteiger partial charge is 0.311 e. The Labute approximate surface area is 309 Å². The molecule has 256 valence electrons. The maximum Gasteiger partial charge on any atom is 0.264 e. The lowest BCUT2D eigenvalue weighted by Gasteiger charge is -2.44. The summed E-state index contributed by atoms with van der Waals surface area (Å²) in [5, 5.41) is 1.39. The Bertz CT molecular complexity index is 2340. The third kappa shape index (κ3) is 4.89. The van der Waals surface area contributed by atoms with E-state index in [4.69, 9.17) is 0 Å². The van der Waals surface area contributed by atoms with E-state index in [1.165, 1.54) is 95.0 Å². The number of rotatable bonds is 3. The molecule has 5 aromatic carbocycles. The van der Waals surface area contributed by atoms with E-state index < -0.39 is 0 Å². The molecule has 0 radical (unpaired) electrons. The molecule has 51 heavy (non-hydrogen) atoms. The van der Waals surface area contributed by atoms with Gasteiger partial charge in [0, 0.05) is 43.3 Å². The van der Waals surface area contributed by atoms with E-state index in [0.29, 0.717) is 5.92 Å². The van der Waals surface area contributed by atoms with Crippen molar-refractivity contribution in [2.45, 2.75) is 97.3 Å². The Balaban J connectivity index is 1.45. The number of hydrogen-bond acceptors (Lipinski definition) is 3. The van der Waals surface area contributed by atoms with Crippen molar-refractivity contribution in [2.24, 2.45) is 0 Å². The van der Waals surface area contributed by atoms with Gasteiger partial charge in [-0.25, -0.2) is 0 Å². The second-order valence-corrected chi connectivity index (χ2v) is 19.0. The molecule has 0 N–H and O–H groups in total. The van der Waals surface area contributed by atoms with E-state index >= 15 is 0 Å². The molecule has 0 unspecified atom stereocenters. The van der Waals surface area contributed by atoms with E-state index in [1.807, 2.05) is 11.3 Å². The molecule has 0 fully saturated rings. The summed E-state index contributed by atoms with van der Waals surface area (Å²) in [6.07, 6.45) is 2.42. The van der Waals surface area contributed by atoms with E-state index in [0.717, 1.165) is 0 Å². The van der Waals surface area contributed by atoms with Gasteiger partial charge in [0.2, 0.25) is 0 Å². The van der Waals surface area contributed by atoms with Crippen molar-refractivity contribution in [1.82, 2.24) is 0 Å². The van der Waals surface area contributed by atoms with Gasteiger partial charge in [-0.1, -0.05) is 111 Å². The van der Waals surface area contributed by atoms with Crippen LogP contribution in [0.15, 0.2) is 103 Å². The van der Waals surface area contributed by atoms with Crippen molar-refractivity contribution in [2.75, 3.05) is 9.80 Å². The van der Waals surface area contributed by atoms with Crippen LogP contribution in [0.1, 0.15) is 103 Å². The highest BCUT2D eigenvalue weighted by Crippen LogP contribution is 2.52. The van der Waals surface area contributed by atoms with Gasteiger partial charge >= 0.3 is 0 Å². The van der Waals surface area contributed by atoms with Gasteiger partial charge in [0.1, 0.15) is 0 Å². The van der Waals surface area contributed by atoms with Gasteiger partial charge in [-0.2, -0.15) is 0 Å². The molecule has 0 saturated carbocycles. The van der Waals surface area contributed by atoms with Gasteiger partial charge in [-0.3, -0.25) is 0 Å². The number of fused-ring (bicyclic) bond motifs is 7. The zero-order chi connectivity index (χ0) is 35.6. The van der Waals surface area contributed by atoms with Crippen molar-refractivity contribution < 1.29 is 0 Å². The Hall–Kier alpha value is -4.28. The topological polar surface area (TPSA) is 6.48 Å².